The van der Waals surface area contributed by atoms with Crippen LogP contribution in [0.15, 0.2) is 54.6 Å². The summed E-state index contributed by atoms with van der Waals surface area (Å²) in [7, 11) is 0. The zero-order valence-electron chi connectivity index (χ0n) is 13.6. The van der Waals surface area contributed by atoms with E-state index in [1.54, 1.807) is 0 Å². The molecule has 2 unspecified atom stereocenters. The van der Waals surface area contributed by atoms with Crippen LogP contribution >= 0.6 is 0 Å². The highest BCUT2D eigenvalue weighted by Gasteiger charge is 2.19. The van der Waals surface area contributed by atoms with Gasteiger partial charge in [0.2, 0.25) is 0 Å². The van der Waals surface area contributed by atoms with Crippen molar-refractivity contribution in [1.82, 2.24) is 14.9 Å². The number of para-hydroxylation sites is 2. The zero-order valence-corrected chi connectivity index (χ0v) is 13.6. The molecule has 3 rings (SSSR count). The minimum absolute atomic E-state index is 0.0414. The second-order valence-electron chi connectivity index (χ2n) is 5.74. The summed E-state index contributed by atoms with van der Waals surface area (Å²) in [4.78, 5) is 4.78. The van der Waals surface area contributed by atoms with E-state index in [4.69, 9.17) is 4.98 Å². The minimum atomic E-state index is -0.101. The van der Waals surface area contributed by atoms with Gasteiger partial charge < -0.3 is 9.67 Å². The Bertz CT molecular complexity index is 767. The van der Waals surface area contributed by atoms with Crippen LogP contribution in [0.25, 0.3) is 11.0 Å². The number of nitrogens with zero attached hydrogens (tertiary/aromatic N) is 2. The van der Waals surface area contributed by atoms with Crippen molar-refractivity contribution in [3.8, 4) is 0 Å². The predicted octanol–water partition coefficient (Wildman–Crippen LogP) is 3.44. The van der Waals surface area contributed by atoms with E-state index in [2.05, 4.69) is 29.8 Å². The molecule has 4 nitrogen and oxygen atoms in total. The van der Waals surface area contributed by atoms with Gasteiger partial charge in [0.15, 0.2) is 0 Å². The molecule has 3 aromatic rings. The molecule has 23 heavy (non-hydrogen) atoms. The maximum Gasteiger partial charge on any atom is 0.126 e. The van der Waals surface area contributed by atoms with Gasteiger partial charge in [-0.25, -0.2) is 4.98 Å². The average Bonchev–Trinajstić information content (AvgIpc) is 2.99. The van der Waals surface area contributed by atoms with Gasteiger partial charge in [0.25, 0.3) is 0 Å². The lowest BCUT2D eigenvalue weighted by atomic mass is 10.1. The highest BCUT2D eigenvalue weighted by atomic mass is 16.3. The number of fused-ring (bicyclic) bond motifs is 1. The smallest absolute Gasteiger partial charge is 0.126 e. The topological polar surface area (TPSA) is 50.1 Å². The molecular formula is C19H23N3O. The third-order valence-electron chi connectivity index (χ3n) is 4.22. The molecular weight excluding hydrogens is 286 g/mol. The summed E-state index contributed by atoms with van der Waals surface area (Å²) in [6.07, 6.45) is 0. The van der Waals surface area contributed by atoms with E-state index in [1.165, 1.54) is 0 Å². The second-order valence-corrected chi connectivity index (χ2v) is 5.74. The Morgan fingerprint density at radius 2 is 1.78 bits per heavy atom. The lowest BCUT2D eigenvalue weighted by Gasteiger charge is -2.22. The molecule has 0 saturated carbocycles. The normalized spacial score (nSPS) is 14.0. The zero-order chi connectivity index (χ0) is 16.2. The molecule has 1 heterocycles. The molecule has 0 spiro atoms. The third-order valence-corrected chi connectivity index (χ3v) is 4.22. The fourth-order valence-corrected chi connectivity index (χ4v) is 3.07. The number of hydrogen-bond donors (Lipinski definition) is 2. The Kier molecular flexibility index (Phi) is 4.74. The number of nitrogens with one attached hydrogen (secondary N) is 1. The monoisotopic (exact) mass is 309 g/mol. The van der Waals surface area contributed by atoms with Gasteiger partial charge in [-0.15, -0.1) is 0 Å². The van der Waals surface area contributed by atoms with E-state index < -0.39 is 0 Å². The summed E-state index contributed by atoms with van der Waals surface area (Å²) in [5.74, 6) is 1.00. The molecule has 2 N–H and O–H groups in total. The number of aliphatic hydroxyl groups excluding tert-OH is 1. The quantitative estimate of drug-likeness (QED) is 0.733. The lowest BCUT2D eigenvalue weighted by Crippen LogP contribution is -2.29. The first kappa shape index (κ1) is 15.7. The SMILES string of the molecule is CCn1c(C(C)NC(CO)c2ccccc2)nc2ccccc21. The molecule has 0 bridgehead atoms. The van der Waals surface area contributed by atoms with Gasteiger partial charge in [-0.05, 0) is 31.5 Å². The van der Waals surface area contributed by atoms with E-state index in [0.29, 0.717) is 0 Å². The van der Waals surface area contributed by atoms with Crippen molar-refractivity contribution < 1.29 is 5.11 Å². The van der Waals surface area contributed by atoms with Gasteiger partial charge in [-0.1, -0.05) is 42.5 Å². The average molecular weight is 309 g/mol. The first-order valence-corrected chi connectivity index (χ1v) is 8.11. The van der Waals surface area contributed by atoms with Crippen molar-refractivity contribution in [2.45, 2.75) is 32.5 Å². The van der Waals surface area contributed by atoms with E-state index in [1.807, 2.05) is 48.5 Å². The fraction of sp³-hybridized carbons (Fsp3) is 0.316. The second kappa shape index (κ2) is 6.94. The van der Waals surface area contributed by atoms with Crippen LogP contribution in [0.5, 0.6) is 0 Å². The van der Waals surface area contributed by atoms with Crippen LogP contribution in [-0.4, -0.2) is 21.3 Å². The number of rotatable bonds is 6. The maximum absolute atomic E-state index is 9.75. The Morgan fingerprint density at radius 3 is 2.48 bits per heavy atom. The summed E-state index contributed by atoms with van der Waals surface area (Å²) in [5, 5.41) is 13.3. The lowest BCUT2D eigenvalue weighted by molar-refractivity contribution is 0.233. The molecule has 0 aliphatic heterocycles. The number of aromatic nitrogens is 2. The Labute approximate surface area is 136 Å². The van der Waals surface area contributed by atoms with E-state index in [0.717, 1.165) is 29.0 Å². The van der Waals surface area contributed by atoms with Crippen LogP contribution < -0.4 is 5.32 Å². The summed E-state index contributed by atoms with van der Waals surface area (Å²) in [6.45, 7) is 5.15. The van der Waals surface area contributed by atoms with Crippen LogP contribution in [0.1, 0.15) is 37.3 Å². The molecule has 0 fully saturated rings. The summed E-state index contributed by atoms with van der Waals surface area (Å²) in [6, 6.07) is 18.2. The molecule has 0 saturated heterocycles. The highest BCUT2D eigenvalue weighted by molar-refractivity contribution is 5.76. The molecule has 2 atom stereocenters. The standard InChI is InChI=1S/C19H23N3O/c1-3-22-18-12-8-7-11-16(18)21-19(22)14(2)20-17(13-23)15-9-5-4-6-10-15/h4-12,14,17,20,23H,3,13H2,1-2H3. The Balaban J connectivity index is 1.89. The Hall–Kier alpha value is -2.17. The molecule has 0 amide bonds. The highest BCUT2D eigenvalue weighted by Crippen LogP contribution is 2.23. The van der Waals surface area contributed by atoms with Crippen molar-refractivity contribution in [3.63, 3.8) is 0 Å². The van der Waals surface area contributed by atoms with Crippen LogP contribution in [0.4, 0.5) is 0 Å². The van der Waals surface area contributed by atoms with Crippen molar-refractivity contribution in [1.29, 1.82) is 0 Å². The van der Waals surface area contributed by atoms with Crippen molar-refractivity contribution in [3.05, 3.63) is 66.0 Å². The van der Waals surface area contributed by atoms with Crippen molar-refractivity contribution in [2.75, 3.05) is 6.61 Å². The van der Waals surface area contributed by atoms with Crippen LogP contribution in [0, 0.1) is 0 Å². The van der Waals surface area contributed by atoms with Gasteiger partial charge >= 0.3 is 0 Å². The number of aryl methyl sites for hydroxylation is 1. The summed E-state index contributed by atoms with van der Waals surface area (Å²) >= 11 is 0. The van der Waals surface area contributed by atoms with E-state index in [-0.39, 0.29) is 18.7 Å². The van der Waals surface area contributed by atoms with Gasteiger partial charge in [0.05, 0.1) is 29.7 Å². The molecule has 2 aromatic carbocycles. The molecule has 120 valence electrons. The first-order chi connectivity index (χ1) is 11.2. The molecule has 0 aliphatic carbocycles. The van der Waals surface area contributed by atoms with Crippen molar-refractivity contribution >= 4 is 11.0 Å². The van der Waals surface area contributed by atoms with Gasteiger partial charge in [-0.3, -0.25) is 5.32 Å². The third kappa shape index (κ3) is 3.14. The summed E-state index contributed by atoms with van der Waals surface area (Å²) in [5.41, 5.74) is 3.25. The largest absolute Gasteiger partial charge is 0.394 e. The predicted molar refractivity (Wildman–Crippen MR) is 93.2 cm³/mol. The summed E-state index contributed by atoms with van der Waals surface area (Å²) < 4.78 is 2.23. The number of hydrogen-bond acceptors (Lipinski definition) is 3. The Morgan fingerprint density at radius 1 is 1.09 bits per heavy atom. The molecule has 4 heteroatoms. The van der Waals surface area contributed by atoms with Crippen LogP contribution in [-0.2, 0) is 6.54 Å². The minimum Gasteiger partial charge on any atom is -0.394 e. The van der Waals surface area contributed by atoms with E-state index in [9.17, 15) is 5.11 Å². The number of imidazole rings is 1. The van der Waals surface area contributed by atoms with Crippen molar-refractivity contribution in [2.24, 2.45) is 0 Å². The van der Waals surface area contributed by atoms with Crippen LogP contribution in [0.3, 0.4) is 0 Å². The number of aliphatic hydroxyl groups is 1. The van der Waals surface area contributed by atoms with Gasteiger partial charge in [-0.2, -0.15) is 0 Å². The molecule has 0 aliphatic rings. The number of benzene rings is 2. The fourth-order valence-electron chi connectivity index (χ4n) is 3.07. The van der Waals surface area contributed by atoms with Gasteiger partial charge in [0.1, 0.15) is 5.82 Å². The van der Waals surface area contributed by atoms with Crippen LogP contribution in [0.2, 0.25) is 0 Å². The van der Waals surface area contributed by atoms with E-state index >= 15 is 0 Å². The maximum atomic E-state index is 9.75. The first-order valence-electron chi connectivity index (χ1n) is 8.11. The van der Waals surface area contributed by atoms with Gasteiger partial charge in [0, 0.05) is 6.54 Å². The molecule has 1 aromatic heterocycles. The molecule has 0 radical (unpaired) electrons.